The molecule has 0 N–H and O–H groups in total. The van der Waals surface area contributed by atoms with Crippen molar-refractivity contribution in [2.24, 2.45) is 0 Å². The Bertz CT molecular complexity index is 2560. The molecule has 1 radical (unpaired) electrons. The maximum Gasteiger partial charge on any atom is 0.168 e. The Morgan fingerprint density at radius 1 is 0.642 bits per heavy atom. The summed E-state index contributed by atoms with van der Waals surface area (Å²) in [6.07, 6.45) is 3.71. The van der Waals surface area contributed by atoms with Crippen molar-refractivity contribution in [2.45, 2.75) is 39.5 Å². The van der Waals surface area contributed by atoms with Gasteiger partial charge in [-0.05, 0) is 52.4 Å². The maximum atomic E-state index is 6.47. The Hall–Kier alpha value is -5.68. The van der Waals surface area contributed by atoms with Crippen LogP contribution in [0.5, 0.6) is 0 Å². The number of imidazole rings is 1. The van der Waals surface area contributed by atoms with Gasteiger partial charge in [0.1, 0.15) is 5.58 Å². The minimum absolute atomic E-state index is 0. The number of hydrogen-bond acceptors (Lipinski definition) is 4. The van der Waals surface area contributed by atoms with Crippen LogP contribution >= 0.6 is 0 Å². The Morgan fingerprint density at radius 3 is 2.09 bits per heavy atom. The number of para-hydroxylation sites is 2. The van der Waals surface area contributed by atoms with E-state index in [2.05, 4.69) is 110 Å². The molecule has 0 saturated carbocycles. The summed E-state index contributed by atoms with van der Waals surface area (Å²) in [6.45, 7) is 9.01. The van der Waals surface area contributed by atoms with Gasteiger partial charge in [-0.1, -0.05) is 118 Å². The van der Waals surface area contributed by atoms with Crippen molar-refractivity contribution in [3.05, 3.63) is 169 Å². The second-order valence-corrected chi connectivity index (χ2v) is 13.5. The summed E-state index contributed by atoms with van der Waals surface area (Å²) in [5, 5.41) is 2.15. The molecule has 0 atom stereocenters. The number of pyridine rings is 2. The third-order valence-electron chi connectivity index (χ3n) is 9.40. The van der Waals surface area contributed by atoms with Gasteiger partial charge in [-0.3, -0.25) is 4.98 Å². The molecule has 0 aliphatic carbocycles. The van der Waals surface area contributed by atoms with Crippen LogP contribution in [0.1, 0.15) is 50.7 Å². The van der Waals surface area contributed by atoms with E-state index in [-0.39, 0.29) is 20.1 Å². The average Bonchev–Trinajstić information content (AvgIpc) is 3.77. The summed E-state index contributed by atoms with van der Waals surface area (Å²) in [4.78, 5) is 14.3. The third-order valence-corrected chi connectivity index (χ3v) is 9.40. The first-order valence-electron chi connectivity index (χ1n) is 17.8. The van der Waals surface area contributed by atoms with Crippen molar-refractivity contribution in [2.75, 3.05) is 0 Å². The quantitative estimate of drug-likeness (QED) is 0.156. The van der Waals surface area contributed by atoms with Crippen LogP contribution in [0.4, 0.5) is 0 Å². The van der Waals surface area contributed by atoms with Crippen LogP contribution in [-0.2, 0) is 20.1 Å². The Labute approximate surface area is 323 Å². The fourth-order valence-electron chi connectivity index (χ4n) is 6.84. The van der Waals surface area contributed by atoms with Gasteiger partial charge in [0.25, 0.3) is 0 Å². The molecular formula is C47H38IrN4O-2. The van der Waals surface area contributed by atoms with Gasteiger partial charge in [-0.25, -0.2) is 4.98 Å². The first-order valence-corrected chi connectivity index (χ1v) is 17.8. The van der Waals surface area contributed by atoms with Crippen molar-refractivity contribution >= 4 is 33.1 Å². The average molecular weight is 867 g/mol. The van der Waals surface area contributed by atoms with E-state index in [1.165, 1.54) is 16.8 Å². The van der Waals surface area contributed by atoms with Crippen molar-refractivity contribution in [3.8, 4) is 39.5 Å². The molecule has 0 fully saturated rings. The molecule has 0 bridgehead atoms. The third kappa shape index (κ3) is 6.96. The predicted molar refractivity (Wildman–Crippen MR) is 213 cm³/mol. The minimum atomic E-state index is 0. The first kappa shape index (κ1) is 35.7. The van der Waals surface area contributed by atoms with E-state index in [0.717, 1.165) is 61.2 Å². The molecule has 0 aliphatic heterocycles. The molecule has 0 aliphatic rings. The zero-order valence-electron chi connectivity index (χ0n) is 30.0. The van der Waals surface area contributed by atoms with Gasteiger partial charge in [0.15, 0.2) is 5.65 Å². The Kier molecular flexibility index (Phi) is 10.4. The predicted octanol–water partition coefficient (Wildman–Crippen LogP) is 12.2. The zero-order chi connectivity index (χ0) is 35.6. The van der Waals surface area contributed by atoms with E-state index in [9.17, 15) is 0 Å². The van der Waals surface area contributed by atoms with Crippen LogP contribution in [0, 0.1) is 12.1 Å². The van der Waals surface area contributed by atoms with Gasteiger partial charge >= 0.3 is 0 Å². The number of nitrogens with zero attached hydrogens (tertiary/aromatic N) is 4. The monoisotopic (exact) mass is 867 g/mol. The second-order valence-electron chi connectivity index (χ2n) is 13.5. The Balaban J connectivity index is 0.000000284. The van der Waals surface area contributed by atoms with E-state index in [0.29, 0.717) is 17.5 Å². The second kappa shape index (κ2) is 15.5. The van der Waals surface area contributed by atoms with Crippen molar-refractivity contribution in [1.82, 2.24) is 19.5 Å². The number of furan rings is 1. The largest absolute Gasteiger partial charge is 0.501 e. The minimum Gasteiger partial charge on any atom is -0.501 e. The van der Waals surface area contributed by atoms with E-state index in [1.54, 1.807) is 6.20 Å². The smallest absolute Gasteiger partial charge is 0.168 e. The molecule has 6 heteroatoms. The van der Waals surface area contributed by atoms with Crippen LogP contribution in [0.2, 0.25) is 0 Å². The van der Waals surface area contributed by atoms with Gasteiger partial charge in [0.2, 0.25) is 0 Å². The molecule has 0 amide bonds. The molecular weight excluding hydrogens is 829 g/mol. The van der Waals surface area contributed by atoms with E-state index < -0.39 is 0 Å². The van der Waals surface area contributed by atoms with Crippen LogP contribution in [0.15, 0.2) is 150 Å². The molecule has 9 rings (SSSR count). The number of rotatable bonds is 6. The fourth-order valence-corrected chi connectivity index (χ4v) is 6.84. The summed E-state index contributed by atoms with van der Waals surface area (Å²) in [5.41, 5.74) is 12.0. The molecule has 0 saturated heterocycles. The van der Waals surface area contributed by atoms with Crippen molar-refractivity contribution in [1.29, 1.82) is 0 Å². The standard InChI is InChI=1S/C36H30N3O.C11H8N.Ir/c1-22(2)26-15-10-16-27(23(3)4)33(26)39-31-20-25(24-12-6-5-7-13-24)21-37-35(31)38-36(39)30-18-11-17-29-28-14-8-9-19-32(28)40-34(29)30;1-2-6-10(7-3-1)11-8-4-5-9-12-11;/h5-17,19-23H,1-4H3;1-6,8-9H;/q2*-1;. The summed E-state index contributed by atoms with van der Waals surface area (Å²) in [7, 11) is 0. The van der Waals surface area contributed by atoms with E-state index in [4.69, 9.17) is 14.4 Å². The van der Waals surface area contributed by atoms with Crippen LogP contribution in [0.25, 0.3) is 72.6 Å². The van der Waals surface area contributed by atoms with Crippen LogP contribution in [0.3, 0.4) is 0 Å². The Morgan fingerprint density at radius 2 is 1.38 bits per heavy atom. The molecule has 0 spiro atoms. The summed E-state index contributed by atoms with van der Waals surface area (Å²) < 4.78 is 8.77. The number of fused-ring (bicyclic) bond motifs is 4. The zero-order valence-corrected chi connectivity index (χ0v) is 32.4. The van der Waals surface area contributed by atoms with Gasteiger partial charge in [-0.2, -0.15) is 0 Å². The van der Waals surface area contributed by atoms with Crippen LogP contribution < -0.4 is 0 Å². The molecule has 53 heavy (non-hydrogen) atoms. The first-order chi connectivity index (χ1) is 25.5. The summed E-state index contributed by atoms with van der Waals surface area (Å²) in [5.74, 6) is 1.41. The van der Waals surface area contributed by atoms with Gasteiger partial charge in [0.05, 0.1) is 16.9 Å². The van der Waals surface area contributed by atoms with Crippen molar-refractivity contribution in [3.63, 3.8) is 0 Å². The summed E-state index contributed by atoms with van der Waals surface area (Å²) in [6, 6.07) is 51.8. The van der Waals surface area contributed by atoms with E-state index >= 15 is 0 Å². The van der Waals surface area contributed by atoms with Crippen molar-refractivity contribution < 1.29 is 24.5 Å². The number of aromatic nitrogens is 4. The molecule has 0 unspecified atom stereocenters. The number of benzene rings is 5. The summed E-state index contributed by atoms with van der Waals surface area (Å²) >= 11 is 0. The molecule has 263 valence electrons. The maximum absolute atomic E-state index is 6.47. The fraction of sp³-hybridized carbons (Fsp3) is 0.128. The normalized spacial score (nSPS) is 11.2. The topological polar surface area (TPSA) is 56.7 Å². The van der Waals surface area contributed by atoms with Gasteiger partial charge in [0, 0.05) is 49.1 Å². The van der Waals surface area contributed by atoms with Gasteiger partial charge < -0.3 is 14.0 Å². The van der Waals surface area contributed by atoms with E-state index in [1.807, 2.05) is 79.0 Å². The van der Waals surface area contributed by atoms with Gasteiger partial charge in [-0.15, -0.1) is 54.1 Å². The molecule has 4 heterocycles. The SMILES string of the molecule is CC(C)c1cccc(C(C)C)c1-n1c(-c2[c-]ccc3c2oc2ccccc23)nc2ncc(-c3ccccc3)cc21.[Ir].[c-]1ccccc1-c1ccccn1. The van der Waals surface area contributed by atoms with Crippen LogP contribution in [-0.4, -0.2) is 19.5 Å². The molecule has 5 nitrogen and oxygen atoms in total. The molecule has 9 aromatic rings. The number of hydrogen-bond donors (Lipinski definition) is 0. The molecule has 5 aromatic carbocycles. The molecule has 4 aromatic heterocycles.